The van der Waals surface area contributed by atoms with Gasteiger partial charge >= 0.3 is 5.69 Å². The second-order valence-corrected chi connectivity index (χ2v) is 3.81. The maximum absolute atomic E-state index is 10.8. The Morgan fingerprint density at radius 3 is 2.65 bits per heavy atom. The lowest BCUT2D eigenvalue weighted by atomic mass is 10.2. The number of aromatic nitrogens is 2. The van der Waals surface area contributed by atoms with Gasteiger partial charge < -0.3 is 15.2 Å². The van der Waals surface area contributed by atoms with Crippen LogP contribution in [0.3, 0.4) is 0 Å². The number of anilines is 1. The molecular formula is C12H12N4O4. The fraction of sp³-hybridized carbons (Fsp3) is 0.167. The van der Waals surface area contributed by atoms with E-state index >= 15 is 0 Å². The molecule has 2 N–H and O–H groups in total. The molecule has 0 atom stereocenters. The summed E-state index contributed by atoms with van der Waals surface area (Å²) in [5.74, 6) is 0.477. The molecule has 104 valence electrons. The highest BCUT2D eigenvalue weighted by molar-refractivity contribution is 5.41. The van der Waals surface area contributed by atoms with Crippen LogP contribution in [0.25, 0.3) is 0 Å². The largest absolute Gasteiger partial charge is 0.497 e. The molecule has 0 unspecified atom stereocenters. The van der Waals surface area contributed by atoms with Crippen molar-refractivity contribution in [3.63, 3.8) is 0 Å². The van der Waals surface area contributed by atoms with Gasteiger partial charge in [-0.2, -0.15) is 4.98 Å². The number of nitro groups is 1. The van der Waals surface area contributed by atoms with E-state index in [9.17, 15) is 10.1 Å². The van der Waals surface area contributed by atoms with Gasteiger partial charge in [0.05, 0.1) is 12.0 Å². The van der Waals surface area contributed by atoms with Gasteiger partial charge in [0.15, 0.2) is 0 Å². The lowest BCUT2D eigenvalue weighted by molar-refractivity contribution is -0.386. The van der Waals surface area contributed by atoms with Gasteiger partial charge in [-0.15, -0.1) is 0 Å². The zero-order valence-electron chi connectivity index (χ0n) is 10.6. The summed E-state index contributed by atoms with van der Waals surface area (Å²) >= 11 is 0. The molecule has 0 amide bonds. The van der Waals surface area contributed by atoms with E-state index in [1.807, 2.05) is 0 Å². The standard InChI is InChI=1S/C12H12N4O4/c1-19-9-4-2-8(3-5-9)7-20-11-10(16(17)18)6-14-12(13)15-11/h2-6H,7H2,1H3,(H2,13,14,15). The van der Waals surface area contributed by atoms with Crippen molar-refractivity contribution in [2.45, 2.75) is 6.61 Å². The number of hydrogen-bond donors (Lipinski definition) is 1. The highest BCUT2D eigenvalue weighted by atomic mass is 16.6. The monoisotopic (exact) mass is 276 g/mol. The van der Waals surface area contributed by atoms with E-state index in [1.54, 1.807) is 31.4 Å². The SMILES string of the molecule is COc1ccc(COc2nc(N)ncc2[N+](=O)[O-])cc1. The predicted octanol–water partition coefficient (Wildman–Crippen LogP) is 1.55. The second kappa shape index (κ2) is 5.83. The first-order valence-corrected chi connectivity index (χ1v) is 5.63. The van der Waals surface area contributed by atoms with Crippen molar-refractivity contribution in [1.82, 2.24) is 9.97 Å². The van der Waals surface area contributed by atoms with E-state index in [2.05, 4.69) is 9.97 Å². The number of rotatable bonds is 5. The van der Waals surface area contributed by atoms with Gasteiger partial charge in [0.25, 0.3) is 5.88 Å². The van der Waals surface area contributed by atoms with Gasteiger partial charge in [-0.3, -0.25) is 10.1 Å². The minimum atomic E-state index is -0.622. The highest BCUT2D eigenvalue weighted by Crippen LogP contribution is 2.24. The third kappa shape index (κ3) is 3.10. The number of methoxy groups -OCH3 is 1. The third-order valence-corrected chi connectivity index (χ3v) is 2.49. The van der Waals surface area contributed by atoms with Crippen molar-refractivity contribution in [3.8, 4) is 11.6 Å². The van der Waals surface area contributed by atoms with Crippen molar-refractivity contribution >= 4 is 11.6 Å². The molecule has 8 nitrogen and oxygen atoms in total. The Bertz CT molecular complexity index is 615. The lowest BCUT2D eigenvalue weighted by Crippen LogP contribution is -2.04. The zero-order chi connectivity index (χ0) is 14.5. The first-order chi connectivity index (χ1) is 9.60. The third-order valence-electron chi connectivity index (χ3n) is 2.49. The van der Waals surface area contributed by atoms with Crippen LogP contribution >= 0.6 is 0 Å². The van der Waals surface area contributed by atoms with Gasteiger partial charge in [-0.05, 0) is 17.7 Å². The summed E-state index contributed by atoms with van der Waals surface area (Å²) in [6.45, 7) is 0.126. The number of hydrogen-bond acceptors (Lipinski definition) is 7. The molecule has 0 bridgehead atoms. The minimum absolute atomic E-state index is 0.0830. The number of ether oxygens (including phenoxy) is 2. The van der Waals surface area contributed by atoms with Crippen LogP contribution in [0.5, 0.6) is 11.6 Å². The molecule has 1 aromatic carbocycles. The molecule has 8 heteroatoms. The second-order valence-electron chi connectivity index (χ2n) is 3.81. The summed E-state index contributed by atoms with van der Waals surface area (Å²) in [6, 6.07) is 7.10. The van der Waals surface area contributed by atoms with Crippen LogP contribution in [0, 0.1) is 10.1 Å². The minimum Gasteiger partial charge on any atom is -0.497 e. The van der Waals surface area contributed by atoms with Gasteiger partial charge in [0, 0.05) is 0 Å². The van der Waals surface area contributed by atoms with Crippen LogP contribution in [0.4, 0.5) is 11.6 Å². The predicted molar refractivity (Wildman–Crippen MR) is 70.4 cm³/mol. The average Bonchev–Trinajstić information content (AvgIpc) is 2.45. The zero-order valence-corrected chi connectivity index (χ0v) is 10.6. The van der Waals surface area contributed by atoms with Gasteiger partial charge in [0.1, 0.15) is 18.6 Å². The normalized spacial score (nSPS) is 10.1. The van der Waals surface area contributed by atoms with Crippen molar-refractivity contribution in [2.75, 3.05) is 12.8 Å². The first kappa shape index (κ1) is 13.5. The fourth-order valence-electron chi connectivity index (χ4n) is 1.48. The van der Waals surface area contributed by atoms with E-state index in [0.29, 0.717) is 5.75 Å². The molecule has 0 aliphatic heterocycles. The summed E-state index contributed by atoms with van der Waals surface area (Å²) in [5.41, 5.74) is 5.88. The quantitative estimate of drug-likeness (QED) is 0.651. The molecule has 20 heavy (non-hydrogen) atoms. The molecule has 0 radical (unpaired) electrons. The number of nitrogen functional groups attached to an aromatic ring is 1. The molecule has 0 saturated heterocycles. The molecule has 0 spiro atoms. The Balaban J connectivity index is 2.13. The smallest absolute Gasteiger partial charge is 0.349 e. The Hall–Kier alpha value is -2.90. The van der Waals surface area contributed by atoms with Crippen molar-refractivity contribution < 1.29 is 14.4 Å². The maximum Gasteiger partial charge on any atom is 0.349 e. The maximum atomic E-state index is 10.8. The molecular weight excluding hydrogens is 264 g/mol. The Kier molecular flexibility index (Phi) is 3.94. The fourth-order valence-corrected chi connectivity index (χ4v) is 1.48. The van der Waals surface area contributed by atoms with Gasteiger partial charge in [-0.25, -0.2) is 4.98 Å². The molecule has 2 rings (SSSR count). The van der Waals surface area contributed by atoms with Crippen LogP contribution in [-0.4, -0.2) is 22.0 Å². The van der Waals surface area contributed by atoms with Crippen LogP contribution in [0.15, 0.2) is 30.5 Å². The van der Waals surface area contributed by atoms with E-state index in [0.717, 1.165) is 11.8 Å². The Labute approximate surface area is 114 Å². The van der Waals surface area contributed by atoms with E-state index < -0.39 is 4.92 Å². The molecule has 0 aliphatic rings. The molecule has 2 aromatic rings. The van der Waals surface area contributed by atoms with Crippen LogP contribution in [0.2, 0.25) is 0 Å². The molecule has 0 aliphatic carbocycles. The van der Waals surface area contributed by atoms with Crippen molar-refractivity contribution in [2.24, 2.45) is 0 Å². The van der Waals surface area contributed by atoms with Gasteiger partial charge in [0.2, 0.25) is 5.95 Å². The summed E-state index contributed by atoms with van der Waals surface area (Å²) in [7, 11) is 1.57. The van der Waals surface area contributed by atoms with Crippen LogP contribution in [-0.2, 0) is 6.61 Å². The average molecular weight is 276 g/mol. The number of nitrogens with zero attached hydrogens (tertiary/aromatic N) is 3. The topological polar surface area (TPSA) is 113 Å². The van der Waals surface area contributed by atoms with Crippen molar-refractivity contribution in [1.29, 1.82) is 0 Å². The van der Waals surface area contributed by atoms with Gasteiger partial charge in [-0.1, -0.05) is 12.1 Å². The Morgan fingerprint density at radius 2 is 2.05 bits per heavy atom. The summed E-state index contributed by atoms with van der Waals surface area (Å²) in [4.78, 5) is 17.5. The number of nitrogens with two attached hydrogens (primary N) is 1. The summed E-state index contributed by atoms with van der Waals surface area (Å²) in [5, 5.41) is 10.8. The van der Waals surface area contributed by atoms with Crippen LogP contribution in [0.1, 0.15) is 5.56 Å². The molecule has 0 fully saturated rings. The molecule has 0 saturated carbocycles. The lowest BCUT2D eigenvalue weighted by Gasteiger charge is -2.06. The summed E-state index contributed by atoms with van der Waals surface area (Å²) < 4.78 is 10.4. The Morgan fingerprint density at radius 1 is 1.35 bits per heavy atom. The van der Waals surface area contributed by atoms with Crippen LogP contribution < -0.4 is 15.2 Å². The van der Waals surface area contributed by atoms with E-state index in [-0.39, 0.29) is 24.1 Å². The first-order valence-electron chi connectivity index (χ1n) is 5.63. The van der Waals surface area contributed by atoms with E-state index in [4.69, 9.17) is 15.2 Å². The highest BCUT2D eigenvalue weighted by Gasteiger charge is 2.18. The summed E-state index contributed by atoms with van der Waals surface area (Å²) in [6.07, 6.45) is 1.02. The number of benzene rings is 1. The molecule has 1 heterocycles. The van der Waals surface area contributed by atoms with E-state index in [1.165, 1.54) is 0 Å². The molecule has 1 aromatic heterocycles. The van der Waals surface area contributed by atoms with Crippen molar-refractivity contribution in [3.05, 3.63) is 46.1 Å².